The maximum atomic E-state index is 13.2. The molecule has 0 atom stereocenters. The molecular formula is C15H14FNO3S. The third kappa shape index (κ3) is 3.66. The van der Waals surface area contributed by atoms with Crippen LogP contribution in [0.15, 0.2) is 47.4 Å². The summed E-state index contributed by atoms with van der Waals surface area (Å²) in [5, 5.41) is 0. The summed E-state index contributed by atoms with van der Waals surface area (Å²) < 4.78 is 35.8. The van der Waals surface area contributed by atoms with E-state index in [1.54, 1.807) is 0 Å². The molecule has 0 saturated heterocycles. The fourth-order valence-electron chi connectivity index (χ4n) is 1.89. The van der Waals surface area contributed by atoms with Crippen LogP contribution in [0.25, 0.3) is 0 Å². The highest BCUT2D eigenvalue weighted by atomic mass is 32.2. The smallest absolute Gasteiger partial charge is 0.175 e. The fraction of sp³-hybridized carbons (Fsp3) is 0.133. The second kappa shape index (κ2) is 5.65. The molecule has 110 valence electrons. The molecule has 0 saturated carbocycles. The predicted octanol–water partition coefficient (Wildman–Crippen LogP) is 2.24. The standard InChI is InChI=1S/C15H14FNO3S/c1-21(19,20)13-5-2-10(3-6-13)15(18)9-11-8-12(16)4-7-14(11)17/h2-8H,9,17H2,1H3. The highest BCUT2D eigenvalue weighted by molar-refractivity contribution is 7.90. The minimum Gasteiger partial charge on any atom is -0.398 e. The molecule has 0 amide bonds. The lowest BCUT2D eigenvalue weighted by atomic mass is 10.0. The number of nitrogen functional groups attached to an aromatic ring is 1. The predicted molar refractivity (Wildman–Crippen MR) is 78.4 cm³/mol. The molecule has 0 fully saturated rings. The molecule has 0 aromatic heterocycles. The lowest BCUT2D eigenvalue weighted by Gasteiger charge is -2.06. The zero-order valence-electron chi connectivity index (χ0n) is 11.3. The van der Waals surface area contributed by atoms with Gasteiger partial charge in [0.1, 0.15) is 5.82 Å². The highest BCUT2D eigenvalue weighted by Crippen LogP contribution is 2.17. The van der Waals surface area contributed by atoms with Gasteiger partial charge in [-0.3, -0.25) is 4.79 Å². The third-order valence-electron chi connectivity index (χ3n) is 3.06. The van der Waals surface area contributed by atoms with E-state index in [0.29, 0.717) is 16.8 Å². The van der Waals surface area contributed by atoms with E-state index < -0.39 is 15.7 Å². The number of anilines is 1. The van der Waals surface area contributed by atoms with Crippen molar-refractivity contribution in [1.29, 1.82) is 0 Å². The van der Waals surface area contributed by atoms with Gasteiger partial charge in [0.2, 0.25) is 0 Å². The SMILES string of the molecule is CS(=O)(=O)c1ccc(C(=O)Cc2cc(F)ccc2N)cc1. The molecular weight excluding hydrogens is 293 g/mol. The van der Waals surface area contributed by atoms with Gasteiger partial charge >= 0.3 is 0 Å². The molecule has 0 spiro atoms. The van der Waals surface area contributed by atoms with Gasteiger partial charge < -0.3 is 5.73 Å². The quantitative estimate of drug-likeness (QED) is 0.694. The summed E-state index contributed by atoms with van der Waals surface area (Å²) in [6.07, 6.45) is 1.05. The Hall–Kier alpha value is -2.21. The first-order valence-corrected chi connectivity index (χ1v) is 8.04. The Bertz CT molecular complexity index is 783. The minimum atomic E-state index is -3.30. The average Bonchev–Trinajstić information content (AvgIpc) is 2.42. The highest BCUT2D eigenvalue weighted by Gasteiger charge is 2.12. The molecule has 0 bridgehead atoms. The van der Waals surface area contributed by atoms with Crippen LogP contribution in [0.2, 0.25) is 0 Å². The van der Waals surface area contributed by atoms with Gasteiger partial charge in [0.05, 0.1) is 4.90 Å². The second-order valence-corrected chi connectivity index (χ2v) is 6.76. The first-order chi connectivity index (χ1) is 9.77. The zero-order valence-corrected chi connectivity index (χ0v) is 12.2. The normalized spacial score (nSPS) is 11.3. The Morgan fingerprint density at radius 2 is 1.76 bits per heavy atom. The van der Waals surface area contributed by atoms with Crippen LogP contribution in [0.4, 0.5) is 10.1 Å². The van der Waals surface area contributed by atoms with Crippen LogP contribution in [0.5, 0.6) is 0 Å². The van der Waals surface area contributed by atoms with E-state index in [1.807, 2.05) is 0 Å². The summed E-state index contributed by atoms with van der Waals surface area (Å²) in [6.45, 7) is 0. The number of carbonyl (C=O) groups excluding carboxylic acids is 1. The van der Waals surface area contributed by atoms with Crippen molar-refractivity contribution in [1.82, 2.24) is 0 Å². The summed E-state index contributed by atoms with van der Waals surface area (Å²) in [5.41, 5.74) is 6.81. The van der Waals surface area contributed by atoms with Gasteiger partial charge in [0.15, 0.2) is 15.6 Å². The van der Waals surface area contributed by atoms with Crippen molar-refractivity contribution < 1.29 is 17.6 Å². The maximum Gasteiger partial charge on any atom is 0.175 e. The Kier molecular flexibility index (Phi) is 4.09. The van der Waals surface area contributed by atoms with Crippen molar-refractivity contribution in [2.75, 3.05) is 12.0 Å². The first kappa shape index (κ1) is 15.2. The molecule has 0 radical (unpaired) electrons. The molecule has 2 rings (SSSR count). The third-order valence-corrected chi connectivity index (χ3v) is 4.19. The lowest BCUT2D eigenvalue weighted by Crippen LogP contribution is -2.07. The Labute approximate surface area is 122 Å². The summed E-state index contributed by atoms with van der Waals surface area (Å²) in [6, 6.07) is 9.48. The Morgan fingerprint density at radius 1 is 1.14 bits per heavy atom. The number of carbonyl (C=O) groups is 1. The van der Waals surface area contributed by atoms with Crippen molar-refractivity contribution >= 4 is 21.3 Å². The molecule has 0 aliphatic heterocycles. The molecule has 6 heteroatoms. The van der Waals surface area contributed by atoms with E-state index in [0.717, 1.165) is 6.26 Å². The summed E-state index contributed by atoms with van der Waals surface area (Å²) in [4.78, 5) is 12.3. The molecule has 21 heavy (non-hydrogen) atoms. The zero-order chi connectivity index (χ0) is 15.6. The van der Waals surface area contributed by atoms with E-state index in [2.05, 4.69) is 0 Å². The van der Waals surface area contributed by atoms with Crippen molar-refractivity contribution in [2.24, 2.45) is 0 Å². The van der Waals surface area contributed by atoms with Gasteiger partial charge in [-0.15, -0.1) is 0 Å². The molecule has 2 N–H and O–H groups in total. The molecule has 0 heterocycles. The Morgan fingerprint density at radius 3 is 2.33 bits per heavy atom. The number of Topliss-reactive ketones (excluding diaryl/α,β-unsaturated/α-hetero) is 1. The molecule has 0 aliphatic rings. The average molecular weight is 307 g/mol. The Balaban J connectivity index is 2.23. The number of sulfone groups is 1. The number of ketones is 1. The van der Waals surface area contributed by atoms with E-state index in [-0.39, 0.29) is 17.1 Å². The monoisotopic (exact) mass is 307 g/mol. The number of hydrogen-bond donors (Lipinski definition) is 1. The molecule has 0 unspecified atom stereocenters. The number of hydrogen-bond acceptors (Lipinski definition) is 4. The number of rotatable bonds is 4. The van der Waals surface area contributed by atoms with Crippen LogP contribution >= 0.6 is 0 Å². The van der Waals surface area contributed by atoms with E-state index in [1.165, 1.54) is 42.5 Å². The molecule has 2 aromatic rings. The van der Waals surface area contributed by atoms with E-state index in [9.17, 15) is 17.6 Å². The molecule has 4 nitrogen and oxygen atoms in total. The lowest BCUT2D eigenvalue weighted by molar-refractivity contribution is 0.0993. The van der Waals surface area contributed by atoms with Gasteiger partial charge in [-0.2, -0.15) is 0 Å². The van der Waals surface area contributed by atoms with Crippen molar-refractivity contribution in [3.8, 4) is 0 Å². The van der Waals surface area contributed by atoms with Crippen LogP contribution in [0.3, 0.4) is 0 Å². The van der Waals surface area contributed by atoms with Crippen LogP contribution in [0, 0.1) is 5.82 Å². The van der Waals surface area contributed by atoms with Crippen LogP contribution in [-0.2, 0) is 16.3 Å². The summed E-state index contributed by atoms with van der Waals surface area (Å²) in [5.74, 6) is -0.716. The number of benzene rings is 2. The molecule has 2 aromatic carbocycles. The van der Waals surface area contributed by atoms with Gasteiger partial charge in [0, 0.05) is 23.9 Å². The van der Waals surface area contributed by atoms with E-state index >= 15 is 0 Å². The maximum absolute atomic E-state index is 13.2. The minimum absolute atomic E-state index is 0.0399. The van der Waals surface area contributed by atoms with Crippen LogP contribution in [-0.4, -0.2) is 20.5 Å². The van der Waals surface area contributed by atoms with Gasteiger partial charge in [-0.25, -0.2) is 12.8 Å². The number of halogens is 1. The fourth-order valence-corrected chi connectivity index (χ4v) is 2.52. The molecule has 0 aliphatic carbocycles. The van der Waals surface area contributed by atoms with Crippen molar-refractivity contribution in [3.63, 3.8) is 0 Å². The van der Waals surface area contributed by atoms with Crippen LogP contribution < -0.4 is 5.73 Å². The van der Waals surface area contributed by atoms with Crippen molar-refractivity contribution in [2.45, 2.75) is 11.3 Å². The van der Waals surface area contributed by atoms with Gasteiger partial charge in [-0.1, -0.05) is 12.1 Å². The van der Waals surface area contributed by atoms with Crippen LogP contribution in [0.1, 0.15) is 15.9 Å². The summed E-state index contributed by atoms with van der Waals surface area (Å²) in [7, 11) is -3.30. The van der Waals surface area contributed by atoms with Gasteiger partial charge in [-0.05, 0) is 35.9 Å². The number of nitrogens with two attached hydrogens (primary N) is 1. The largest absolute Gasteiger partial charge is 0.398 e. The first-order valence-electron chi connectivity index (χ1n) is 6.14. The van der Waals surface area contributed by atoms with E-state index in [4.69, 9.17) is 5.73 Å². The summed E-state index contributed by atoms with van der Waals surface area (Å²) >= 11 is 0. The topological polar surface area (TPSA) is 77.2 Å². The second-order valence-electron chi connectivity index (χ2n) is 4.74. The van der Waals surface area contributed by atoms with Crippen molar-refractivity contribution in [3.05, 3.63) is 59.4 Å². The van der Waals surface area contributed by atoms with Gasteiger partial charge in [0.25, 0.3) is 0 Å².